The Morgan fingerprint density at radius 1 is 1.14 bits per heavy atom. The number of ether oxygens (including phenoxy) is 2. The fourth-order valence-electron chi connectivity index (χ4n) is 2.49. The van der Waals surface area contributed by atoms with Crippen LogP contribution in [0.3, 0.4) is 0 Å². The molecule has 0 aliphatic carbocycles. The second kappa shape index (κ2) is 6.10. The number of benzene rings is 2. The molecule has 4 nitrogen and oxygen atoms in total. The minimum Gasteiger partial charge on any atom is -0.464 e. The first-order valence-corrected chi connectivity index (χ1v) is 10.9. The van der Waals surface area contributed by atoms with Crippen LogP contribution in [0.2, 0.25) is 25.7 Å². The van der Waals surface area contributed by atoms with E-state index in [2.05, 4.69) is 19.6 Å². The lowest BCUT2D eigenvalue weighted by Crippen LogP contribution is -2.50. The third-order valence-corrected chi connectivity index (χ3v) is 4.84. The van der Waals surface area contributed by atoms with E-state index >= 15 is 0 Å². The van der Waals surface area contributed by atoms with E-state index in [9.17, 15) is 9.90 Å². The third-order valence-electron chi connectivity index (χ3n) is 3.30. The van der Waals surface area contributed by atoms with Crippen LogP contribution in [0.25, 0.3) is 10.8 Å². The minimum atomic E-state index is -1.96. The number of rotatable bonds is 5. The summed E-state index contributed by atoms with van der Waals surface area (Å²) >= 11 is 0. The maximum Gasteiger partial charge on any atom is 0.378 e. The Hall–Kier alpha value is -1.85. The van der Waals surface area contributed by atoms with Crippen molar-refractivity contribution in [1.82, 2.24) is 0 Å². The second-order valence-electron chi connectivity index (χ2n) is 6.59. The van der Waals surface area contributed by atoms with E-state index in [-0.39, 0.29) is 6.04 Å². The van der Waals surface area contributed by atoms with Crippen molar-refractivity contribution >= 4 is 24.8 Å². The van der Waals surface area contributed by atoms with Crippen molar-refractivity contribution in [3.63, 3.8) is 0 Å². The van der Waals surface area contributed by atoms with Crippen LogP contribution >= 0.6 is 0 Å². The predicted molar refractivity (Wildman–Crippen MR) is 89.7 cm³/mol. The van der Waals surface area contributed by atoms with Crippen molar-refractivity contribution < 1.29 is 19.4 Å². The van der Waals surface area contributed by atoms with Crippen molar-refractivity contribution in [2.24, 2.45) is 0 Å². The second-order valence-corrected chi connectivity index (χ2v) is 12.1. The van der Waals surface area contributed by atoms with Gasteiger partial charge in [-0.2, -0.15) is 0 Å². The zero-order valence-electron chi connectivity index (χ0n) is 13.4. The summed E-state index contributed by atoms with van der Waals surface area (Å²) in [5.41, 5.74) is 0. The fraction of sp³-hybridized carbons (Fsp3) is 0.353. The predicted octanol–water partition coefficient (Wildman–Crippen LogP) is 3.42. The number of esters is 1. The molecule has 2 aromatic carbocycles. The first kappa shape index (κ1) is 16.5. The summed E-state index contributed by atoms with van der Waals surface area (Å²) in [5, 5.41) is 12.6. The van der Waals surface area contributed by atoms with Crippen molar-refractivity contribution in [2.45, 2.75) is 31.5 Å². The van der Waals surface area contributed by atoms with Crippen LogP contribution in [0.5, 0.6) is 5.75 Å². The maximum atomic E-state index is 12.1. The van der Waals surface area contributed by atoms with Gasteiger partial charge in [-0.3, -0.25) is 0 Å². The quantitative estimate of drug-likeness (QED) is 0.521. The first-order valence-electron chi connectivity index (χ1n) is 7.23. The molecular weight excluding hydrogens is 296 g/mol. The van der Waals surface area contributed by atoms with E-state index in [1.165, 1.54) is 7.11 Å². The molecule has 0 radical (unpaired) electrons. The number of hydrogen-bond donors (Lipinski definition) is 1. The van der Waals surface area contributed by atoms with Crippen molar-refractivity contribution in [1.29, 1.82) is 0 Å². The van der Waals surface area contributed by atoms with E-state index in [1.807, 2.05) is 36.4 Å². The maximum absolute atomic E-state index is 12.1. The molecule has 0 aromatic heterocycles. The van der Waals surface area contributed by atoms with Gasteiger partial charge < -0.3 is 14.6 Å². The minimum absolute atomic E-state index is 0.260. The van der Waals surface area contributed by atoms with Gasteiger partial charge in [0.15, 0.2) is 0 Å². The Morgan fingerprint density at radius 2 is 1.77 bits per heavy atom. The van der Waals surface area contributed by atoms with Crippen molar-refractivity contribution in [3.8, 4) is 5.75 Å². The molecule has 2 aromatic rings. The van der Waals surface area contributed by atoms with Gasteiger partial charge in [-0.15, -0.1) is 0 Å². The Kier molecular flexibility index (Phi) is 4.58. The molecule has 5 heteroatoms. The highest BCUT2D eigenvalue weighted by molar-refractivity contribution is 6.76. The largest absolute Gasteiger partial charge is 0.464 e. The van der Waals surface area contributed by atoms with Crippen LogP contribution in [-0.2, 0) is 9.53 Å². The van der Waals surface area contributed by atoms with Gasteiger partial charge in [0.2, 0.25) is 0 Å². The molecule has 2 rings (SSSR count). The topological polar surface area (TPSA) is 55.8 Å². The molecule has 0 saturated heterocycles. The van der Waals surface area contributed by atoms with Gasteiger partial charge in [-0.05, 0) is 11.5 Å². The normalized spacial score (nSPS) is 14.4. The molecule has 1 N–H and O–H groups in total. The average Bonchev–Trinajstić information content (AvgIpc) is 2.45. The van der Waals surface area contributed by atoms with E-state index in [0.29, 0.717) is 5.75 Å². The van der Waals surface area contributed by atoms with E-state index in [4.69, 9.17) is 9.47 Å². The number of carbonyl (C=O) groups is 1. The standard InChI is InChI=1S/C17H22O4Si/c1-20-16(18)17(19,12-22(2,3)4)21-15-11-7-9-13-8-5-6-10-14(13)15/h5-11,19H,12H2,1-4H3. The SMILES string of the molecule is COC(=O)C(O)(C[Si](C)(C)C)Oc1cccc2ccccc12. The number of methoxy groups -OCH3 is 1. The fourth-order valence-corrected chi connectivity index (χ4v) is 4.15. The van der Waals surface area contributed by atoms with Crippen LogP contribution < -0.4 is 4.74 Å². The van der Waals surface area contributed by atoms with Gasteiger partial charge in [0.05, 0.1) is 15.2 Å². The van der Waals surface area contributed by atoms with Gasteiger partial charge >= 0.3 is 11.8 Å². The summed E-state index contributed by atoms with van der Waals surface area (Å²) < 4.78 is 10.5. The summed E-state index contributed by atoms with van der Waals surface area (Å²) in [6.07, 6.45) is 0. The smallest absolute Gasteiger partial charge is 0.378 e. The number of hydrogen-bond acceptors (Lipinski definition) is 4. The monoisotopic (exact) mass is 318 g/mol. The van der Waals surface area contributed by atoms with Crippen LogP contribution in [0.4, 0.5) is 0 Å². The number of carbonyl (C=O) groups excluding carboxylic acids is 1. The highest BCUT2D eigenvalue weighted by Gasteiger charge is 2.44. The number of fused-ring (bicyclic) bond motifs is 1. The molecule has 1 atom stereocenters. The summed E-state index contributed by atoms with van der Waals surface area (Å²) in [6, 6.07) is 13.5. The van der Waals surface area contributed by atoms with Gasteiger partial charge in [0.1, 0.15) is 5.75 Å². The lowest BCUT2D eigenvalue weighted by atomic mass is 10.1. The lowest BCUT2D eigenvalue weighted by molar-refractivity contribution is -0.191. The summed E-state index contributed by atoms with van der Waals surface area (Å²) in [6.45, 7) is 6.19. The molecule has 0 fully saturated rings. The molecule has 0 spiro atoms. The summed E-state index contributed by atoms with van der Waals surface area (Å²) in [7, 11) is -0.515. The van der Waals surface area contributed by atoms with Gasteiger partial charge in [-0.25, -0.2) is 4.79 Å². The Balaban J connectivity index is 2.43. The summed E-state index contributed by atoms with van der Waals surface area (Å²) in [5.74, 6) is -2.24. The van der Waals surface area contributed by atoms with E-state index in [1.54, 1.807) is 6.07 Å². The Morgan fingerprint density at radius 3 is 2.41 bits per heavy atom. The highest BCUT2D eigenvalue weighted by Crippen LogP contribution is 2.31. The molecule has 0 amide bonds. The van der Waals surface area contributed by atoms with Crippen LogP contribution in [0.1, 0.15) is 0 Å². The zero-order chi connectivity index (χ0) is 16.4. The Labute approximate surface area is 131 Å². The Bertz CT molecular complexity index is 672. The molecule has 0 bridgehead atoms. The molecular formula is C17H22O4Si. The van der Waals surface area contributed by atoms with Crippen LogP contribution in [0, 0.1) is 0 Å². The van der Waals surface area contributed by atoms with Gasteiger partial charge in [-0.1, -0.05) is 56.0 Å². The molecule has 0 heterocycles. The summed E-state index contributed by atoms with van der Waals surface area (Å²) in [4.78, 5) is 12.1. The first-order chi connectivity index (χ1) is 10.2. The van der Waals surface area contributed by atoms with Crippen molar-refractivity contribution in [3.05, 3.63) is 42.5 Å². The average molecular weight is 318 g/mol. The molecule has 22 heavy (non-hydrogen) atoms. The molecule has 0 saturated carbocycles. The molecule has 0 aliphatic heterocycles. The van der Waals surface area contributed by atoms with Crippen LogP contribution in [-0.4, -0.2) is 32.0 Å². The molecule has 118 valence electrons. The van der Waals surface area contributed by atoms with Gasteiger partial charge in [0.25, 0.3) is 0 Å². The van der Waals surface area contributed by atoms with E-state index in [0.717, 1.165) is 10.8 Å². The number of aliphatic hydroxyl groups is 1. The zero-order valence-corrected chi connectivity index (χ0v) is 14.4. The van der Waals surface area contributed by atoms with Gasteiger partial charge in [0, 0.05) is 11.4 Å². The van der Waals surface area contributed by atoms with E-state index < -0.39 is 19.8 Å². The molecule has 0 aliphatic rings. The van der Waals surface area contributed by atoms with Crippen molar-refractivity contribution in [2.75, 3.05) is 7.11 Å². The highest BCUT2D eigenvalue weighted by atomic mass is 28.3. The lowest BCUT2D eigenvalue weighted by Gasteiger charge is -2.31. The third kappa shape index (κ3) is 3.67. The van der Waals surface area contributed by atoms with Crippen LogP contribution in [0.15, 0.2) is 42.5 Å². The molecule has 1 unspecified atom stereocenters.